The Morgan fingerprint density at radius 1 is 1.21 bits per heavy atom. The summed E-state index contributed by atoms with van der Waals surface area (Å²) in [6.07, 6.45) is 2.65. The average Bonchev–Trinajstić information content (AvgIpc) is 2.99. The minimum atomic E-state index is 0.375. The molecule has 2 rings (SSSR count). The molecule has 0 saturated heterocycles. The molecule has 0 spiro atoms. The van der Waals surface area contributed by atoms with Crippen LogP contribution in [0.25, 0.3) is 0 Å². The van der Waals surface area contributed by atoms with Gasteiger partial charge < -0.3 is 9.47 Å². The van der Waals surface area contributed by atoms with Crippen LogP contribution >= 0.6 is 0 Å². The standard InChI is InChI=1S/C12H16O2/c1-10-2-6-12(7-3-10)14-9-13-8-11-4-5-11/h2-3,6-7,11H,4-5,8-9H2,1H3. The molecule has 0 aliphatic heterocycles. The van der Waals surface area contributed by atoms with Crippen molar-refractivity contribution in [3.05, 3.63) is 29.8 Å². The zero-order chi connectivity index (χ0) is 9.80. The minimum absolute atomic E-state index is 0.375. The van der Waals surface area contributed by atoms with Gasteiger partial charge in [-0.25, -0.2) is 0 Å². The number of benzene rings is 1. The van der Waals surface area contributed by atoms with Crippen molar-refractivity contribution in [3.63, 3.8) is 0 Å². The first kappa shape index (κ1) is 9.53. The highest BCUT2D eigenvalue weighted by molar-refractivity contribution is 5.26. The lowest BCUT2D eigenvalue weighted by Gasteiger charge is -2.06. The third-order valence-electron chi connectivity index (χ3n) is 2.38. The highest BCUT2D eigenvalue weighted by Crippen LogP contribution is 2.28. The summed E-state index contributed by atoms with van der Waals surface area (Å²) in [5.74, 6) is 1.68. The van der Waals surface area contributed by atoms with Gasteiger partial charge in [0.1, 0.15) is 5.75 Å². The quantitative estimate of drug-likeness (QED) is 0.527. The van der Waals surface area contributed by atoms with Crippen molar-refractivity contribution in [1.29, 1.82) is 0 Å². The van der Waals surface area contributed by atoms with Gasteiger partial charge in [-0.3, -0.25) is 0 Å². The molecule has 0 atom stereocenters. The molecule has 1 saturated carbocycles. The monoisotopic (exact) mass is 192 g/mol. The van der Waals surface area contributed by atoms with E-state index < -0.39 is 0 Å². The summed E-state index contributed by atoms with van der Waals surface area (Å²) >= 11 is 0. The van der Waals surface area contributed by atoms with Crippen molar-refractivity contribution < 1.29 is 9.47 Å². The fourth-order valence-corrected chi connectivity index (χ4v) is 1.24. The molecule has 1 aliphatic carbocycles. The smallest absolute Gasteiger partial charge is 0.189 e. The Balaban J connectivity index is 1.66. The lowest BCUT2D eigenvalue weighted by molar-refractivity contribution is 0.00998. The van der Waals surface area contributed by atoms with Gasteiger partial charge in [-0.2, -0.15) is 0 Å². The molecule has 76 valence electrons. The van der Waals surface area contributed by atoms with E-state index in [0.717, 1.165) is 18.3 Å². The third-order valence-corrected chi connectivity index (χ3v) is 2.38. The van der Waals surface area contributed by atoms with Gasteiger partial charge in [-0.15, -0.1) is 0 Å². The molecule has 1 aromatic carbocycles. The van der Waals surface area contributed by atoms with E-state index >= 15 is 0 Å². The van der Waals surface area contributed by atoms with E-state index in [1.807, 2.05) is 24.3 Å². The van der Waals surface area contributed by atoms with Gasteiger partial charge in [0.15, 0.2) is 6.79 Å². The van der Waals surface area contributed by atoms with Gasteiger partial charge in [0.25, 0.3) is 0 Å². The predicted molar refractivity (Wildman–Crippen MR) is 55.4 cm³/mol. The summed E-state index contributed by atoms with van der Waals surface area (Å²) in [4.78, 5) is 0. The molecule has 0 unspecified atom stereocenters. The maximum absolute atomic E-state index is 5.42. The largest absolute Gasteiger partial charge is 0.468 e. The SMILES string of the molecule is Cc1ccc(OCOCC2CC2)cc1. The van der Waals surface area contributed by atoms with Gasteiger partial charge in [0.2, 0.25) is 0 Å². The van der Waals surface area contributed by atoms with Gasteiger partial charge in [0.05, 0.1) is 6.61 Å². The topological polar surface area (TPSA) is 18.5 Å². The van der Waals surface area contributed by atoms with E-state index in [-0.39, 0.29) is 0 Å². The van der Waals surface area contributed by atoms with Gasteiger partial charge in [0, 0.05) is 0 Å². The second-order valence-corrected chi connectivity index (χ2v) is 3.89. The maximum Gasteiger partial charge on any atom is 0.189 e. The molecule has 2 heteroatoms. The summed E-state index contributed by atoms with van der Waals surface area (Å²) in [5.41, 5.74) is 1.25. The van der Waals surface area contributed by atoms with Gasteiger partial charge in [-0.1, -0.05) is 17.7 Å². The lowest BCUT2D eigenvalue weighted by Crippen LogP contribution is -2.04. The van der Waals surface area contributed by atoms with Crippen LogP contribution in [0, 0.1) is 12.8 Å². The van der Waals surface area contributed by atoms with Crippen LogP contribution in [-0.2, 0) is 4.74 Å². The summed E-state index contributed by atoms with van der Waals surface area (Å²) < 4.78 is 10.8. The summed E-state index contributed by atoms with van der Waals surface area (Å²) in [6.45, 7) is 3.29. The number of hydrogen-bond acceptors (Lipinski definition) is 2. The van der Waals surface area contributed by atoms with E-state index in [2.05, 4.69) is 6.92 Å². The number of rotatable bonds is 5. The lowest BCUT2D eigenvalue weighted by atomic mass is 10.2. The first-order valence-corrected chi connectivity index (χ1v) is 5.12. The zero-order valence-electron chi connectivity index (χ0n) is 8.53. The van der Waals surface area contributed by atoms with Crippen LogP contribution in [0.15, 0.2) is 24.3 Å². The van der Waals surface area contributed by atoms with E-state index in [4.69, 9.17) is 9.47 Å². The van der Waals surface area contributed by atoms with Crippen molar-refractivity contribution >= 4 is 0 Å². The fraction of sp³-hybridized carbons (Fsp3) is 0.500. The fourth-order valence-electron chi connectivity index (χ4n) is 1.24. The van der Waals surface area contributed by atoms with Crippen LogP contribution in [0.1, 0.15) is 18.4 Å². The van der Waals surface area contributed by atoms with Crippen molar-refractivity contribution in [1.82, 2.24) is 0 Å². The molecule has 0 heterocycles. The Hall–Kier alpha value is -1.02. The third kappa shape index (κ3) is 3.04. The van der Waals surface area contributed by atoms with E-state index in [1.54, 1.807) is 0 Å². The molecule has 0 N–H and O–H groups in total. The van der Waals surface area contributed by atoms with Crippen molar-refractivity contribution in [2.75, 3.05) is 13.4 Å². The minimum Gasteiger partial charge on any atom is -0.468 e. The highest BCUT2D eigenvalue weighted by Gasteiger charge is 2.20. The number of ether oxygens (including phenoxy) is 2. The molecule has 1 aromatic rings. The summed E-state index contributed by atoms with van der Waals surface area (Å²) in [5, 5.41) is 0. The normalized spacial score (nSPS) is 15.5. The predicted octanol–water partition coefficient (Wildman–Crippen LogP) is 2.76. The molecule has 1 aliphatic rings. The molecule has 1 fully saturated rings. The summed E-state index contributed by atoms with van der Waals surface area (Å²) in [7, 11) is 0. The highest BCUT2D eigenvalue weighted by atomic mass is 16.7. The number of aryl methyl sites for hydroxylation is 1. The number of hydrogen-bond donors (Lipinski definition) is 0. The van der Waals surface area contributed by atoms with Gasteiger partial charge >= 0.3 is 0 Å². The van der Waals surface area contributed by atoms with Crippen molar-refractivity contribution in [3.8, 4) is 5.75 Å². The molecule has 0 bridgehead atoms. The average molecular weight is 192 g/mol. The second-order valence-electron chi connectivity index (χ2n) is 3.89. The Kier molecular flexibility index (Phi) is 3.04. The first-order valence-electron chi connectivity index (χ1n) is 5.12. The van der Waals surface area contributed by atoms with Crippen molar-refractivity contribution in [2.45, 2.75) is 19.8 Å². The zero-order valence-corrected chi connectivity index (χ0v) is 8.53. The van der Waals surface area contributed by atoms with E-state index in [9.17, 15) is 0 Å². The molecular weight excluding hydrogens is 176 g/mol. The van der Waals surface area contributed by atoms with Crippen LogP contribution in [0.3, 0.4) is 0 Å². The molecular formula is C12H16O2. The second kappa shape index (κ2) is 4.47. The molecule has 2 nitrogen and oxygen atoms in total. The molecule has 0 radical (unpaired) electrons. The molecule has 0 amide bonds. The van der Waals surface area contributed by atoms with Crippen LogP contribution in [0.4, 0.5) is 0 Å². The summed E-state index contributed by atoms with van der Waals surface area (Å²) in [6, 6.07) is 8.01. The first-order chi connectivity index (χ1) is 6.84. The van der Waals surface area contributed by atoms with Gasteiger partial charge in [-0.05, 0) is 37.8 Å². The van der Waals surface area contributed by atoms with E-state index in [1.165, 1.54) is 18.4 Å². The van der Waals surface area contributed by atoms with Crippen LogP contribution in [-0.4, -0.2) is 13.4 Å². The van der Waals surface area contributed by atoms with Crippen molar-refractivity contribution in [2.24, 2.45) is 5.92 Å². The molecule has 14 heavy (non-hydrogen) atoms. The Morgan fingerprint density at radius 3 is 2.57 bits per heavy atom. The van der Waals surface area contributed by atoms with Crippen LogP contribution in [0.2, 0.25) is 0 Å². The molecule has 0 aromatic heterocycles. The Morgan fingerprint density at radius 2 is 1.93 bits per heavy atom. The van der Waals surface area contributed by atoms with E-state index in [0.29, 0.717) is 6.79 Å². The Bertz CT molecular complexity index is 275. The Labute approximate surface area is 84.8 Å². The maximum atomic E-state index is 5.42. The van der Waals surface area contributed by atoms with Crippen LogP contribution in [0.5, 0.6) is 5.75 Å². The van der Waals surface area contributed by atoms with Crippen LogP contribution < -0.4 is 4.74 Å².